The van der Waals surface area contributed by atoms with Crippen molar-refractivity contribution in [1.82, 2.24) is 16.0 Å². The maximum atomic E-state index is 14.8. The summed E-state index contributed by atoms with van der Waals surface area (Å²) in [6.45, 7) is 8.54. The van der Waals surface area contributed by atoms with Crippen molar-refractivity contribution in [2.75, 3.05) is 99.3 Å². The highest BCUT2D eigenvalue weighted by Gasteiger charge is 2.39. The number of ether oxygens (including phenoxy) is 8. The Balaban J connectivity index is 0.896. The number of hydrogen-bond acceptors (Lipinski definition) is 18. The Hall–Kier alpha value is -10.6. The number of nitrogens with two attached hydrogens (primary N) is 1. The van der Waals surface area contributed by atoms with Crippen LogP contribution in [0, 0.1) is 11.8 Å². The van der Waals surface area contributed by atoms with Gasteiger partial charge >= 0.3 is 12.1 Å². The van der Waals surface area contributed by atoms with Crippen LogP contribution in [0.2, 0.25) is 0 Å². The largest absolute Gasteiger partial charge is 0.493 e. The zero-order valence-electron chi connectivity index (χ0n) is 57.9. The van der Waals surface area contributed by atoms with Crippen LogP contribution in [0.4, 0.5) is 43.7 Å². The Morgan fingerprint density at radius 3 is 1.96 bits per heavy atom. The topological polar surface area (TPSA) is 319 Å². The third-order valence-corrected chi connectivity index (χ3v) is 17.8. The number of Topliss-reactive ketones (excluding diaryl/α,β-unsaturated/α-hetero) is 1. The van der Waals surface area contributed by atoms with Gasteiger partial charge in [-0.05, 0) is 108 Å². The average Bonchev–Trinajstić information content (AvgIpc) is 1.63. The second kappa shape index (κ2) is 34.5. The summed E-state index contributed by atoms with van der Waals surface area (Å²) in [4.78, 5) is 118. The molecule has 0 saturated carbocycles. The number of benzene rings is 6. The molecule has 0 spiro atoms. The number of nitrogens with one attached hydrogen (secondary N) is 5. The standard InChI is InChI=1S/C75H88N10O16/c1-45(2)63(86)22-23-68(87)82-69(46(3)4)71(89)81-58(15-12-24-77-74(76)92)70(88)80-52-20-18-47(19-21-52)42-101-75(93)83(25-26-97-29-30-98-28-27-94-5)53-32-48(43-99-66-38-59-56(36-64(66)95-6)72(90)84-54(40-78-59)34-50-13-8-10-16-61(50)84)31-49(33-53)44-100-67-39-60-57(37-65(67)96-7)73(91)85-55(41-79-60)35-51-14-9-11-17-62(51)85/h8-11,13-14,16-21,31-33,36-40,45-46,54-55,58,69,79H,12,15,22-30,34-35,41-44H2,1-7H3,(H,80,88)(H,81,89)(H,82,87)(H3,76,77,92)/t54-,55-,58-,69-/m0/s1. The van der Waals surface area contributed by atoms with E-state index in [2.05, 4.69) is 26.6 Å². The number of para-hydroxylation sites is 2. The lowest BCUT2D eigenvalue weighted by molar-refractivity contribution is -0.132. The zero-order valence-corrected chi connectivity index (χ0v) is 57.9. The molecule has 4 atom stereocenters. The molecule has 6 aromatic carbocycles. The van der Waals surface area contributed by atoms with E-state index in [0.717, 1.165) is 22.5 Å². The minimum atomic E-state index is -1.12. The maximum absolute atomic E-state index is 14.8. The molecule has 4 aliphatic heterocycles. The second-order valence-corrected chi connectivity index (χ2v) is 25.6. The number of primary amides is 1. The predicted molar refractivity (Wildman–Crippen MR) is 380 cm³/mol. The summed E-state index contributed by atoms with van der Waals surface area (Å²) in [5.74, 6) is -1.53. The van der Waals surface area contributed by atoms with E-state index in [0.29, 0.717) is 106 Å². The minimum Gasteiger partial charge on any atom is -0.493 e. The highest BCUT2D eigenvalue weighted by molar-refractivity contribution is 6.15. The van der Waals surface area contributed by atoms with Crippen LogP contribution in [-0.4, -0.2) is 152 Å². The lowest BCUT2D eigenvalue weighted by Gasteiger charge is -2.25. The van der Waals surface area contributed by atoms with Crippen LogP contribution in [0.15, 0.2) is 120 Å². The number of fused-ring (bicyclic) bond motifs is 8. The number of nitrogens with zero attached hydrogens (tertiary/aromatic N) is 4. The van der Waals surface area contributed by atoms with Crippen LogP contribution in [0.5, 0.6) is 23.0 Å². The van der Waals surface area contributed by atoms with Crippen molar-refractivity contribution in [3.63, 3.8) is 0 Å². The first kappa shape index (κ1) is 73.2. The highest BCUT2D eigenvalue weighted by Crippen LogP contribution is 2.43. The van der Waals surface area contributed by atoms with Gasteiger partial charge in [0.1, 0.15) is 37.7 Å². The van der Waals surface area contributed by atoms with Crippen LogP contribution in [-0.2, 0) is 70.8 Å². The van der Waals surface area contributed by atoms with E-state index in [4.69, 9.17) is 48.6 Å². The number of amides is 8. The SMILES string of the molecule is COCCOCCOCCN(C(=O)OCc1ccc(NC(=O)[C@H](CCCNC(N)=O)NC(=O)[C@@H](NC(=O)CCC(=O)C(C)C)C(C)C)cc1)c1cc(COc2cc3c(cc2OC)C(=O)N2c4ccccc4C[C@H]2C=N3)cc(COc2cc3c(cc2OC)C(=O)N2c4ccccc4C[C@H]2CN3)c1. The van der Waals surface area contributed by atoms with Crippen molar-refractivity contribution in [3.8, 4) is 23.0 Å². The number of ketones is 1. The third kappa shape index (κ3) is 18.5. The smallest absolute Gasteiger partial charge is 0.414 e. The molecule has 6 aromatic rings. The number of aliphatic imine (C=N–C) groups is 1. The third-order valence-electron chi connectivity index (χ3n) is 17.8. The second-order valence-electron chi connectivity index (χ2n) is 25.6. The molecule has 101 heavy (non-hydrogen) atoms. The number of methoxy groups -OCH3 is 3. The van der Waals surface area contributed by atoms with E-state index in [-0.39, 0.29) is 120 Å². The van der Waals surface area contributed by atoms with Gasteiger partial charge < -0.3 is 75.1 Å². The first-order valence-corrected chi connectivity index (χ1v) is 33.9. The fourth-order valence-corrected chi connectivity index (χ4v) is 12.4. The molecule has 8 amide bonds. The lowest BCUT2D eigenvalue weighted by atomic mass is 10.0. The molecule has 0 bridgehead atoms. The molecule has 10 rings (SSSR count). The van der Waals surface area contributed by atoms with Crippen LogP contribution in [0.25, 0.3) is 0 Å². The predicted octanol–water partition coefficient (Wildman–Crippen LogP) is 8.99. The molecule has 0 fully saturated rings. The van der Waals surface area contributed by atoms with Gasteiger partial charge in [0, 0.05) is 86.5 Å². The Bertz CT molecular complexity index is 4030. The summed E-state index contributed by atoms with van der Waals surface area (Å²) in [5.41, 5.74) is 13.3. The molecule has 0 radical (unpaired) electrons. The molecule has 26 nitrogen and oxygen atoms in total. The van der Waals surface area contributed by atoms with Crippen LogP contribution in [0.1, 0.15) is 102 Å². The summed E-state index contributed by atoms with van der Waals surface area (Å²) in [6.07, 6.45) is 2.60. The monoisotopic (exact) mass is 1380 g/mol. The average molecular weight is 1390 g/mol. The minimum absolute atomic E-state index is 0.000362. The molecular weight excluding hydrogens is 1300 g/mol. The van der Waals surface area contributed by atoms with Gasteiger partial charge in [-0.1, -0.05) is 76.2 Å². The van der Waals surface area contributed by atoms with E-state index >= 15 is 0 Å². The number of anilines is 5. The van der Waals surface area contributed by atoms with Crippen LogP contribution >= 0.6 is 0 Å². The maximum Gasteiger partial charge on any atom is 0.414 e. The number of urea groups is 1. The quantitative estimate of drug-likeness (QED) is 0.0205. The van der Waals surface area contributed by atoms with Crippen LogP contribution < -0.4 is 66.0 Å². The molecule has 0 aliphatic carbocycles. The van der Waals surface area contributed by atoms with Gasteiger partial charge in [0.25, 0.3) is 11.8 Å². The molecule has 0 aromatic heterocycles. The summed E-state index contributed by atoms with van der Waals surface area (Å²) in [6, 6.07) is 31.2. The molecule has 534 valence electrons. The Labute approximate surface area is 586 Å². The lowest BCUT2D eigenvalue weighted by Crippen LogP contribution is -2.54. The molecule has 4 aliphatic rings. The van der Waals surface area contributed by atoms with Gasteiger partial charge in [0.05, 0.1) is 88.4 Å². The van der Waals surface area contributed by atoms with Gasteiger partial charge in [0.15, 0.2) is 23.0 Å². The molecule has 7 N–H and O–H groups in total. The first-order valence-electron chi connectivity index (χ1n) is 33.9. The molecule has 26 heteroatoms. The Morgan fingerprint density at radius 1 is 0.663 bits per heavy atom. The molecule has 4 heterocycles. The fraction of sp³-hybridized carbons (Fsp3) is 0.400. The van der Waals surface area contributed by atoms with E-state index < -0.39 is 41.9 Å². The van der Waals surface area contributed by atoms with Crippen molar-refractivity contribution < 1.29 is 76.3 Å². The van der Waals surface area contributed by atoms with Crippen molar-refractivity contribution in [2.24, 2.45) is 22.6 Å². The van der Waals surface area contributed by atoms with Gasteiger partial charge in [-0.3, -0.25) is 43.6 Å². The Morgan fingerprint density at radius 2 is 1.30 bits per heavy atom. The van der Waals surface area contributed by atoms with Gasteiger partial charge in [-0.2, -0.15) is 0 Å². The van der Waals surface area contributed by atoms with E-state index in [1.54, 1.807) is 107 Å². The summed E-state index contributed by atoms with van der Waals surface area (Å²) < 4.78 is 47.8. The molecular formula is C75H88N10O16. The summed E-state index contributed by atoms with van der Waals surface area (Å²) in [7, 11) is 4.58. The van der Waals surface area contributed by atoms with E-state index in [9.17, 15) is 38.4 Å². The van der Waals surface area contributed by atoms with Crippen molar-refractivity contribution in [1.29, 1.82) is 0 Å². The van der Waals surface area contributed by atoms with Crippen molar-refractivity contribution in [2.45, 2.75) is 110 Å². The van der Waals surface area contributed by atoms with E-state index in [1.807, 2.05) is 59.5 Å². The van der Waals surface area contributed by atoms with Crippen molar-refractivity contribution >= 4 is 87.8 Å². The summed E-state index contributed by atoms with van der Waals surface area (Å²) >= 11 is 0. The molecule has 0 unspecified atom stereocenters. The summed E-state index contributed by atoms with van der Waals surface area (Å²) in [5, 5.41) is 14.3. The highest BCUT2D eigenvalue weighted by atomic mass is 16.6. The van der Waals surface area contributed by atoms with Gasteiger partial charge in [-0.15, -0.1) is 0 Å². The van der Waals surface area contributed by atoms with Crippen LogP contribution in [0.3, 0.4) is 0 Å². The number of rotatable bonds is 34. The molecule has 0 saturated heterocycles. The Kier molecular flexibility index (Phi) is 25.0. The number of carbonyl (C=O) groups excluding carboxylic acids is 8. The van der Waals surface area contributed by atoms with Crippen molar-refractivity contribution in [3.05, 3.63) is 154 Å². The number of carbonyl (C=O) groups is 8. The zero-order chi connectivity index (χ0) is 71.7. The van der Waals surface area contributed by atoms with E-state index in [1.165, 1.54) is 19.1 Å². The number of hydrogen-bond donors (Lipinski definition) is 6. The fourth-order valence-electron chi connectivity index (χ4n) is 12.4. The van der Waals surface area contributed by atoms with Gasteiger partial charge in [-0.25, -0.2) is 9.59 Å². The normalized spacial score (nSPS) is 15.3. The first-order chi connectivity index (χ1) is 48.8. The van der Waals surface area contributed by atoms with Gasteiger partial charge in [0.2, 0.25) is 17.7 Å².